The van der Waals surface area contributed by atoms with Crippen LogP contribution in [0.4, 0.5) is 24.5 Å². The van der Waals surface area contributed by atoms with Crippen molar-refractivity contribution in [3.05, 3.63) is 48.2 Å². The number of nitrogens with zero attached hydrogens (tertiary/aromatic N) is 3. The van der Waals surface area contributed by atoms with Crippen molar-refractivity contribution in [2.45, 2.75) is 75.0 Å². The van der Waals surface area contributed by atoms with E-state index in [0.29, 0.717) is 23.0 Å². The van der Waals surface area contributed by atoms with Crippen LogP contribution in [0.3, 0.4) is 0 Å². The fourth-order valence-electron chi connectivity index (χ4n) is 5.58. The molecule has 1 aliphatic carbocycles. The van der Waals surface area contributed by atoms with Crippen molar-refractivity contribution in [1.82, 2.24) is 13.8 Å². The number of halogens is 3. The third-order valence-electron chi connectivity index (χ3n) is 7.55. The van der Waals surface area contributed by atoms with Crippen LogP contribution in [-0.4, -0.2) is 73.9 Å². The highest BCUT2D eigenvalue weighted by Gasteiger charge is 2.30. The van der Waals surface area contributed by atoms with Gasteiger partial charge in [-0.05, 0) is 101 Å². The van der Waals surface area contributed by atoms with Crippen LogP contribution in [0.5, 0.6) is 5.75 Å². The SMILES string of the molecule is CN(C)C.COc1cc(SN2CCCCC2)ccc1NCC#Cc1cc2c(NC3CCCCC3)cccc2n1CC(F)(F)F. The predicted octanol–water partition coefficient (Wildman–Crippen LogP) is 8.09. The number of benzene rings is 2. The molecule has 2 N–H and O–H groups in total. The zero-order valence-electron chi connectivity index (χ0n) is 26.4. The normalized spacial score (nSPS) is 16.2. The summed E-state index contributed by atoms with van der Waals surface area (Å²) in [6.07, 6.45) is 5.15. The van der Waals surface area contributed by atoms with E-state index in [9.17, 15) is 13.2 Å². The van der Waals surface area contributed by atoms with Crippen molar-refractivity contribution in [2.24, 2.45) is 0 Å². The van der Waals surface area contributed by atoms with E-state index in [0.717, 1.165) is 47.6 Å². The summed E-state index contributed by atoms with van der Waals surface area (Å²) in [6, 6.07) is 13.7. The zero-order chi connectivity index (χ0) is 31.5. The number of piperidine rings is 1. The van der Waals surface area contributed by atoms with Gasteiger partial charge < -0.3 is 24.8 Å². The summed E-state index contributed by atoms with van der Waals surface area (Å²) >= 11 is 1.75. The van der Waals surface area contributed by atoms with Gasteiger partial charge in [0.05, 0.1) is 30.6 Å². The van der Waals surface area contributed by atoms with Gasteiger partial charge in [-0.2, -0.15) is 13.2 Å². The molecule has 240 valence electrons. The molecular weight excluding hydrogens is 583 g/mol. The smallest absolute Gasteiger partial charge is 0.406 e. The average molecular weight is 630 g/mol. The lowest BCUT2D eigenvalue weighted by Gasteiger charge is -2.25. The number of methoxy groups -OCH3 is 1. The number of fused-ring (bicyclic) bond motifs is 1. The number of rotatable bonds is 8. The van der Waals surface area contributed by atoms with Gasteiger partial charge in [0.15, 0.2) is 0 Å². The van der Waals surface area contributed by atoms with E-state index in [4.69, 9.17) is 4.74 Å². The lowest BCUT2D eigenvalue weighted by molar-refractivity contribution is -0.140. The molecule has 10 heteroatoms. The van der Waals surface area contributed by atoms with E-state index in [2.05, 4.69) is 32.8 Å². The van der Waals surface area contributed by atoms with Crippen LogP contribution in [0.1, 0.15) is 57.1 Å². The fraction of sp³-hybridized carbons (Fsp3) is 0.529. The highest BCUT2D eigenvalue weighted by molar-refractivity contribution is 7.97. The number of hydrogen-bond acceptors (Lipinski definition) is 6. The summed E-state index contributed by atoms with van der Waals surface area (Å²) in [4.78, 5) is 3.12. The van der Waals surface area contributed by atoms with Gasteiger partial charge >= 0.3 is 6.18 Å². The van der Waals surface area contributed by atoms with Crippen LogP contribution < -0.4 is 15.4 Å². The quantitative estimate of drug-likeness (QED) is 0.194. The molecule has 1 aliphatic heterocycles. The second-order valence-electron chi connectivity index (χ2n) is 11.9. The second kappa shape index (κ2) is 16.4. The van der Waals surface area contributed by atoms with E-state index >= 15 is 0 Å². The Hall–Kier alpha value is -3.00. The number of ether oxygens (including phenoxy) is 1. The molecule has 2 fully saturated rings. The second-order valence-corrected chi connectivity index (χ2v) is 13.1. The van der Waals surface area contributed by atoms with Gasteiger partial charge in [0.2, 0.25) is 0 Å². The fourth-order valence-corrected chi connectivity index (χ4v) is 6.61. The number of nitrogens with one attached hydrogen (secondary N) is 2. The van der Waals surface area contributed by atoms with Crippen molar-refractivity contribution in [3.63, 3.8) is 0 Å². The zero-order valence-corrected chi connectivity index (χ0v) is 27.2. The molecule has 1 aromatic heterocycles. The number of aromatic nitrogens is 1. The van der Waals surface area contributed by atoms with E-state index in [1.807, 2.05) is 50.3 Å². The van der Waals surface area contributed by atoms with Gasteiger partial charge in [-0.25, -0.2) is 4.31 Å². The minimum absolute atomic E-state index is 0.274. The maximum absolute atomic E-state index is 13.6. The largest absolute Gasteiger partial charge is 0.495 e. The molecule has 0 radical (unpaired) electrons. The Morgan fingerprint density at radius 3 is 2.34 bits per heavy atom. The first-order valence-electron chi connectivity index (χ1n) is 15.5. The molecule has 0 atom stereocenters. The molecule has 2 aromatic carbocycles. The standard InChI is InChI=1S/C31H37F3N4OS.C3H9N/c1-39-30-21-25(40-37-18-6-3-7-19-37)15-16-28(30)35-17-9-12-24-20-26-27(36-23-10-4-2-5-11-23)13-8-14-29(26)38(24)22-31(32,33)34;1-4(2)3/h8,13-16,20-21,23,35-36H,2-7,10-11,17-19,22H2,1H3;1-3H3. The summed E-state index contributed by atoms with van der Waals surface area (Å²) < 4.78 is 49.9. The Morgan fingerprint density at radius 1 is 0.955 bits per heavy atom. The molecule has 0 spiro atoms. The Morgan fingerprint density at radius 2 is 1.66 bits per heavy atom. The monoisotopic (exact) mass is 629 g/mol. The summed E-state index contributed by atoms with van der Waals surface area (Å²) in [5.41, 5.74) is 2.57. The molecule has 0 unspecified atom stereocenters. The predicted molar refractivity (Wildman–Crippen MR) is 178 cm³/mol. The molecule has 1 saturated carbocycles. The third-order valence-corrected chi connectivity index (χ3v) is 8.64. The Balaban J connectivity index is 0.00000104. The van der Waals surface area contributed by atoms with Gasteiger partial charge in [-0.3, -0.25) is 0 Å². The van der Waals surface area contributed by atoms with Crippen molar-refractivity contribution >= 4 is 34.2 Å². The molecule has 2 heterocycles. The van der Waals surface area contributed by atoms with Crippen molar-refractivity contribution < 1.29 is 17.9 Å². The highest BCUT2D eigenvalue weighted by Crippen LogP contribution is 2.34. The summed E-state index contributed by atoms with van der Waals surface area (Å²) in [6.45, 7) is 1.37. The number of hydrogen-bond donors (Lipinski definition) is 2. The van der Waals surface area contributed by atoms with Crippen LogP contribution in [0.2, 0.25) is 0 Å². The summed E-state index contributed by atoms with van der Waals surface area (Å²) in [5.74, 6) is 6.75. The minimum Gasteiger partial charge on any atom is -0.495 e. The van der Waals surface area contributed by atoms with Gasteiger partial charge in [0, 0.05) is 35.1 Å². The molecule has 1 saturated heterocycles. The minimum atomic E-state index is -4.35. The molecule has 44 heavy (non-hydrogen) atoms. The van der Waals surface area contributed by atoms with Gasteiger partial charge in [-0.1, -0.05) is 37.7 Å². The Labute approximate surface area is 264 Å². The first-order valence-corrected chi connectivity index (χ1v) is 16.3. The summed E-state index contributed by atoms with van der Waals surface area (Å²) in [7, 11) is 7.63. The maximum Gasteiger partial charge on any atom is 0.406 e. The maximum atomic E-state index is 13.6. The van der Waals surface area contributed by atoms with Gasteiger partial charge in [0.1, 0.15) is 12.3 Å². The van der Waals surface area contributed by atoms with Crippen LogP contribution in [-0.2, 0) is 6.54 Å². The molecular formula is C34H46F3N5OS. The van der Waals surface area contributed by atoms with Crippen molar-refractivity contribution in [3.8, 4) is 17.6 Å². The van der Waals surface area contributed by atoms with Crippen LogP contribution >= 0.6 is 11.9 Å². The molecule has 5 rings (SSSR count). The van der Waals surface area contributed by atoms with E-state index in [1.54, 1.807) is 31.2 Å². The van der Waals surface area contributed by atoms with Crippen molar-refractivity contribution in [1.29, 1.82) is 0 Å². The third kappa shape index (κ3) is 10.3. The van der Waals surface area contributed by atoms with E-state index in [-0.39, 0.29) is 6.54 Å². The summed E-state index contributed by atoms with van der Waals surface area (Å²) in [5, 5.41) is 7.63. The number of alkyl halides is 3. The topological polar surface area (TPSA) is 44.7 Å². The number of anilines is 2. The Kier molecular flexibility index (Phi) is 12.6. The van der Waals surface area contributed by atoms with Crippen molar-refractivity contribution in [2.75, 3.05) is 58.5 Å². The van der Waals surface area contributed by atoms with Crippen LogP contribution in [0, 0.1) is 11.8 Å². The first-order chi connectivity index (χ1) is 21.1. The molecule has 2 aliphatic rings. The van der Waals surface area contributed by atoms with E-state index < -0.39 is 12.7 Å². The lowest BCUT2D eigenvalue weighted by Crippen LogP contribution is -2.22. The van der Waals surface area contributed by atoms with Gasteiger partial charge in [-0.15, -0.1) is 0 Å². The van der Waals surface area contributed by atoms with Gasteiger partial charge in [0.25, 0.3) is 0 Å². The molecule has 6 nitrogen and oxygen atoms in total. The molecule has 3 aromatic rings. The molecule has 0 amide bonds. The van der Waals surface area contributed by atoms with E-state index in [1.165, 1.54) is 43.1 Å². The first kappa shape index (κ1) is 33.9. The highest BCUT2D eigenvalue weighted by atomic mass is 32.2. The molecule has 0 bridgehead atoms. The lowest BCUT2D eigenvalue weighted by atomic mass is 9.95. The Bertz CT molecular complexity index is 1400. The average Bonchev–Trinajstić information content (AvgIpc) is 3.33. The van der Waals surface area contributed by atoms with Crippen LogP contribution in [0.25, 0.3) is 10.9 Å². The van der Waals surface area contributed by atoms with Crippen LogP contribution in [0.15, 0.2) is 47.4 Å².